The van der Waals surface area contributed by atoms with Gasteiger partial charge in [0.15, 0.2) is 0 Å². The first-order chi connectivity index (χ1) is 9.17. The average molecular weight is 339 g/mol. The molecule has 0 unspecified atom stereocenters. The maximum Gasteiger partial charge on any atom is 0.0328 e. The van der Waals surface area contributed by atoms with E-state index >= 15 is 0 Å². The van der Waals surface area contributed by atoms with Crippen molar-refractivity contribution in [3.8, 4) is 0 Å². The Labute approximate surface area is 127 Å². The summed E-state index contributed by atoms with van der Waals surface area (Å²) < 4.78 is 1.18. The predicted octanol–water partition coefficient (Wildman–Crippen LogP) is 3.86. The Bertz CT molecular complexity index is 507. The fourth-order valence-electron chi connectivity index (χ4n) is 2.04. The van der Waals surface area contributed by atoms with E-state index in [1.54, 1.807) is 11.3 Å². The van der Waals surface area contributed by atoms with Crippen LogP contribution >= 0.6 is 27.3 Å². The molecule has 2 nitrogen and oxygen atoms in total. The van der Waals surface area contributed by atoms with Gasteiger partial charge in [0, 0.05) is 34.4 Å². The number of hydrogen-bond donors (Lipinski definition) is 1. The van der Waals surface area contributed by atoms with E-state index in [1.807, 2.05) is 7.05 Å². The number of hydrogen-bond acceptors (Lipinski definition) is 3. The lowest BCUT2D eigenvalue weighted by molar-refractivity contribution is 0.322. The minimum atomic E-state index is 0.930. The molecule has 1 heterocycles. The number of thiophene rings is 1. The van der Waals surface area contributed by atoms with Crippen LogP contribution in [0.1, 0.15) is 16.0 Å². The second kappa shape index (κ2) is 7.20. The van der Waals surface area contributed by atoms with E-state index in [0.29, 0.717) is 0 Å². The first-order valence-corrected chi connectivity index (χ1v) is 7.98. The second-order valence-corrected chi connectivity index (χ2v) is 6.66. The van der Waals surface area contributed by atoms with Gasteiger partial charge < -0.3 is 5.32 Å². The Hall–Kier alpha value is -0.680. The van der Waals surface area contributed by atoms with Crippen molar-refractivity contribution in [2.24, 2.45) is 0 Å². The molecule has 1 aromatic heterocycles. The Kier molecular flexibility index (Phi) is 5.58. The first-order valence-electron chi connectivity index (χ1n) is 6.31. The van der Waals surface area contributed by atoms with E-state index in [0.717, 1.165) is 19.6 Å². The highest BCUT2D eigenvalue weighted by atomic mass is 79.9. The van der Waals surface area contributed by atoms with Gasteiger partial charge in [-0.1, -0.05) is 24.3 Å². The summed E-state index contributed by atoms with van der Waals surface area (Å²) in [5.74, 6) is 0. The van der Waals surface area contributed by atoms with Crippen LogP contribution in [-0.4, -0.2) is 19.0 Å². The third-order valence-electron chi connectivity index (χ3n) is 2.90. The molecule has 0 spiro atoms. The van der Waals surface area contributed by atoms with Crippen LogP contribution in [0, 0.1) is 0 Å². The number of nitrogens with zero attached hydrogens (tertiary/aromatic N) is 1. The van der Waals surface area contributed by atoms with Crippen LogP contribution in [0.25, 0.3) is 0 Å². The van der Waals surface area contributed by atoms with E-state index in [-0.39, 0.29) is 0 Å². The van der Waals surface area contributed by atoms with Gasteiger partial charge in [0.2, 0.25) is 0 Å². The quantitative estimate of drug-likeness (QED) is 0.860. The summed E-state index contributed by atoms with van der Waals surface area (Å²) in [6.07, 6.45) is 0. The highest BCUT2D eigenvalue weighted by Gasteiger charge is 2.04. The molecule has 2 rings (SSSR count). The molecule has 0 atom stereocenters. The highest BCUT2D eigenvalue weighted by Crippen LogP contribution is 2.21. The largest absolute Gasteiger partial charge is 0.316 e. The van der Waals surface area contributed by atoms with Crippen molar-refractivity contribution in [2.75, 3.05) is 14.1 Å². The highest BCUT2D eigenvalue weighted by molar-refractivity contribution is 9.10. The van der Waals surface area contributed by atoms with Gasteiger partial charge in [-0.15, -0.1) is 11.3 Å². The molecule has 0 bridgehead atoms. The summed E-state index contributed by atoms with van der Waals surface area (Å²) >= 11 is 5.30. The third kappa shape index (κ3) is 4.73. The molecule has 1 aromatic carbocycles. The van der Waals surface area contributed by atoms with Crippen LogP contribution in [0.3, 0.4) is 0 Å². The molecule has 0 aliphatic heterocycles. The van der Waals surface area contributed by atoms with Crippen LogP contribution in [-0.2, 0) is 19.6 Å². The van der Waals surface area contributed by atoms with Crippen molar-refractivity contribution < 1.29 is 0 Å². The molecule has 0 amide bonds. The summed E-state index contributed by atoms with van der Waals surface area (Å²) in [6.45, 7) is 2.91. The van der Waals surface area contributed by atoms with Crippen LogP contribution in [0.15, 0.2) is 40.2 Å². The average Bonchev–Trinajstić information content (AvgIpc) is 2.77. The van der Waals surface area contributed by atoms with E-state index in [2.05, 4.69) is 68.9 Å². The lowest BCUT2D eigenvalue weighted by atomic mass is 10.1. The molecule has 0 radical (unpaired) electrons. The van der Waals surface area contributed by atoms with E-state index in [9.17, 15) is 0 Å². The lowest BCUT2D eigenvalue weighted by Crippen LogP contribution is -2.16. The summed E-state index contributed by atoms with van der Waals surface area (Å²) in [5.41, 5.74) is 2.69. The fraction of sp³-hybridized carbons (Fsp3) is 0.333. The van der Waals surface area contributed by atoms with Crippen molar-refractivity contribution in [1.29, 1.82) is 0 Å². The zero-order chi connectivity index (χ0) is 13.7. The van der Waals surface area contributed by atoms with Crippen LogP contribution in [0.5, 0.6) is 0 Å². The van der Waals surface area contributed by atoms with Crippen LogP contribution in [0.4, 0.5) is 0 Å². The molecule has 2 aromatic rings. The molecule has 0 aliphatic carbocycles. The van der Waals surface area contributed by atoms with Crippen molar-refractivity contribution >= 4 is 27.3 Å². The van der Waals surface area contributed by atoms with Gasteiger partial charge in [0.25, 0.3) is 0 Å². The fourth-order valence-corrected chi connectivity index (χ4v) is 3.57. The number of benzene rings is 1. The van der Waals surface area contributed by atoms with Gasteiger partial charge >= 0.3 is 0 Å². The van der Waals surface area contributed by atoms with E-state index in [1.165, 1.54) is 20.5 Å². The van der Waals surface area contributed by atoms with Gasteiger partial charge in [-0.3, -0.25) is 4.90 Å². The van der Waals surface area contributed by atoms with Crippen molar-refractivity contribution in [3.63, 3.8) is 0 Å². The second-order valence-electron chi connectivity index (χ2n) is 4.75. The summed E-state index contributed by atoms with van der Waals surface area (Å²) in [6, 6.07) is 11.0. The van der Waals surface area contributed by atoms with E-state index < -0.39 is 0 Å². The zero-order valence-electron chi connectivity index (χ0n) is 11.3. The first kappa shape index (κ1) is 14.7. The SMILES string of the molecule is CNCc1ccc(CN(C)Cc2cc(Br)cs2)cc1. The Morgan fingerprint density at radius 1 is 1.16 bits per heavy atom. The number of rotatable bonds is 6. The molecule has 0 saturated carbocycles. The normalized spacial score (nSPS) is 11.2. The Morgan fingerprint density at radius 2 is 1.84 bits per heavy atom. The maximum absolute atomic E-state index is 3.50. The van der Waals surface area contributed by atoms with Gasteiger partial charge in [-0.25, -0.2) is 0 Å². The molecule has 4 heteroatoms. The third-order valence-corrected chi connectivity index (χ3v) is 4.59. The standard InChI is InChI=1S/C15H19BrN2S/c1-17-8-12-3-5-13(6-4-12)9-18(2)10-15-7-14(16)11-19-15/h3-7,11,17H,8-10H2,1-2H3. The Balaban J connectivity index is 1.89. The predicted molar refractivity (Wildman–Crippen MR) is 86.4 cm³/mol. The van der Waals surface area contributed by atoms with Crippen molar-refractivity contribution in [3.05, 3.63) is 56.2 Å². The van der Waals surface area contributed by atoms with Crippen LogP contribution < -0.4 is 5.32 Å². The molecular formula is C15H19BrN2S. The minimum absolute atomic E-state index is 0.930. The van der Waals surface area contributed by atoms with E-state index in [4.69, 9.17) is 0 Å². The molecule has 0 saturated heterocycles. The molecule has 1 N–H and O–H groups in total. The van der Waals surface area contributed by atoms with Gasteiger partial charge in [-0.05, 0) is 47.2 Å². The van der Waals surface area contributed by atoms with Crippen molar-refractivity contribution in [1.82, 2.24) is 10.2 Å². The molecule has 19 heavy (non-hydrogen) atoms. The molecule has 0 fully saturated rings. The maximum atomic E-state index is 3.50. The topological polar surface area (TPSA) is 15.3 Å². The monoisotopic (exact) mass is 338 g/mol. The number of halogens is 1. The molecule has 102 valence electrons. The van der Waals surface area contributed by atoms with Crippen LogP contribution in [0.2, 0.25) is 0 Å². The smallest absolute Gasteiger partial charge is 0.0328 e. The summed E-state index contributed by atoms with van der Waals surface area (Å²) in [7, 11) is 4.13. The van der Waals surface area contributed by atoms with Crippen molar-refractivity contribution in [2.45, 2.75) is 19.6 Å². The molecular weight excluding hydrogens is 320 g/mol. The van der Waals surface area contributed by atoms with Gasteiger partial charge in [-0.2, -0.15) is 0 Å². The lowest BCUT2D eigenvalue weighted by Gasteiger charge is -2.16. The zero-order valence-corrected chi connectivity index (χ0v) is 13.7. The summed E-state index contributed by atoms with van der Waals surface area (Å²) in [5, 5.41) is 5.30. The van der Waals surface area contributed by atoms with Gasteiger partial charge in [0.1, 0.15) is 0 Å². The van der Waals surface area contributed by atoms with Gasteiger partial charge in [0.05, 0.1) is 0 Å². The summed E-state index contributed by atoms with van der Waals surface area (Å²) in [4.78, 5) is 3.73. The Morgan fingerprint density at radius 3 is 2.42 bits per heavy atom. The minimum Gasteiger partial charge on any atom is -0.316 e. The molecule has 0 aliphatic rings. The number of nitrogens with one attached hydrogen (secondary N) is 1.